The van der Waals surface area contributed by atoms with E-state index in [0.29, 0.717) is 5.33 Å². The number of hydrogen-bond acceptors (Lipinski definition) is 2. The third kappa shape index (κ3) is 9.87. The zero-order valence-corrected chi connectivity index (χ0v) is 8.41. The normalized spacial score (nSPS) is 13.9. The van der Waals surface area contributed by atoms with E-state index in [1.54, 1.807) is 0 Å². The van der Waals surface area contributed by atoms with E-state index in [4.69, 9.17) is 4.55 Å². The molecule has 0 aromatic rings. The summed E-state index contributed by atoms with van der Waals surface area (Å²) in [5.74, 6) is -0.252. The Hall–Kier alpha value is 1.87. The van der Waals surface area contributed by atoms with Crippen molar-refractivity contribution in [1.82, 2.24) is 0 Å². The molecule has 0 bridgehead atoms. The van der Waals surface area contributed by atoms with Gasteiger partial charge in [0.25, 0.3) is 10.1 Å². The van der Waals surface area contributed by atoms with E-state index >= 15 is 0 Å². The van der Waals surface area contributed by atoms with Crippen LogP contribution in [0.5, 0.6) is 0 Å². The summed E-state index contributed by atoms with van der Waals surface area (Å²) in [5, 5.41) is 0.507. The molecule has 0 rings (SSSR count). The summed E-state index contributed by atoms with van der Waals surface area (Å²) in [6.45, 7) is 0. The van der Waals surface area contributed by atoms with Crippen LogP contribution in [0.3, 0.4) is 0 Å². The van der Waals surface area contributed by atoms with Crippen molar-refractivity contribution >= 4 is 71.5 Å². The number of hydrogen-bond donors (Lipinski definition) is 1. The number of alkyl halides is 2. The van der Waals surface area contributed by atoms with Gasteiger partial charge in [-0.1, -0.05) is 31.9 Å². The first-order valence-corrected chi connectivity index (χ1v) is 5.75. The molecule has 0 heterocycles. The summed E-state index contributed by atoms with van der Waals surface area (Å²) in [6, 6.07) is 0. The molecule has 0 radical (unpaired) electrons. The first-order valence-electron chi connectivity index (χ1n) is 2.11. The van der Waals surface area contributed by atoms with Gasteiger partial charge in [0.05, 0.1) is 5.75 Å². The predicted molar refractivity (Wildman–Crippen MR) is 50.1 cm³/mol. The van der Waals surface area contributed by atoms with Crippen LogP contribution >= 0.6 is 31.9 Å². The second-order valence-electron chi connectivity index (χ2n) is 1.50. The molecule has 1 unspecified atom stereocenters. The monoisotopic (exact) mass is 304 g/mol. The zero-order valence-electron chi connectivity index (χ0n) is 4.42. The molecule has 0 fully saturated rings. The minimum absolute atomic E-state index is 0. The first kappa shape index (κ1) is 14.4. The molecule has 58 valence electrons. The maximum atomic E-state index is 10.1. The number of halogens is 2. The average molecular weight is 306 g/mol. The van der Waals surface area contributed by atoms with Gasteiger partial charge in [0.15, 0.2) is 0 Å². The molecule has 1 N–H and O–H groups in total. The molecular weight excluding hydrogens is 299 g/mol. The molecule has 0 aliphatic heterocycles. The average Bonchev–Trinajstić information content (AvgIpc) is 1.62. The van der Waals surface area contributed by atoms with E-state index in [1.165, 1.54) is 0 Å². The molecule has 3 nitrogen and oxygen atoms in total. The molecule has 0 amide bonds. The second-order valence-corrected chi connectivity index (χ2v) is 4.94. The van der Waals surface area contributed by atoms with Gasteiger partial charge in [0.1, 0.15) is 0 Å². The van der Waals surface area contributed by atoms with Gasteiger partial charge >= 0.3 is 29.6 Å². The van der Waals surface area contributed by atoms with Crippen LogP contribution in [0.2, 0.25) is 0 Å². The van der Waals surface area contributed by atoms with Crippen LogP contribution < -0.4 is 0 Å². The van der Waals surface area contributed by atoms with Crippen molar-refractivity contribution in [3.05, 3.63) is 0 Å². The van der Waals surface area contributed by atoms with Crippen LogP contribution in [0.15, 0.2) is 0 Å². The molecule has 0 saturated heterocycles. The van der Waals surface area contributed by atoms with E-state index < -0.39 is 10.1 Å². The summed E-state index contributed by atoms with van der Waals surface area (Å²) >= 11 is 6.07. The second kappa shape index (κ2) is 6.39. The van der Waals surface area contributed by atoms with E-state index in [0.717, 1.165) is 0 Å². The van der Waals surface area contributed by atoms with Gasteiger partial charge in [-0.15, -0.1) is 0 Å². The third-order valence-electron chi connectivity index (χ3n) is 0.559. The molecule has 1 atom stereocenters. The first-order chi connectivity index (χ1) is 3.95. The Morgan fingerprint density at radius 1 is 1.50 bits per heavy atom. The summed E-state index contributed by atoms with van der Waals surface area (Å²) in [6.07, 6.45) is 0. The molecule has 10 heavy (non-hydrogen) atoms. The predicted octanol–water partition coefficient (Wildman–Crippen LogP) is 0.384. The van der Waals surface area contributed by atoms with Gasteiger partial charge in [0, 0.05) is 10.2 Å². The van der Waals surface area contributed by atoms with Crippen molar-refractivity contribution < 1.29 is 13.0 Å². The van der Waals surface area contributed by atoms with Crippen LogP contribution in [-0.4, -0.2) is 58.4 Å². The zero-order chi connectivity index (χ0) is 7.49. The minimum atomic E-state index is -3.81. The Balaban J connectivity index is 0. The maximum absolute atomic E-state index is 10.1. The quantitative estimate of drug-likeness (QED) is 0.466. The van der Waals surface area contributed by atoms with E-state index in [2.05, 4.69) is 31.9 Å². The van der Waals surface area contributed by atoms with Crippen LogP contribution in [0.4, 0.5) is 0 Å². The summed E-state index contributed by atoms with van der Waals surface area (Å²) in [4.78, 5) is -0.215. The van der Waals surface area contributed by atoms with E-state index in [-0.39, 0.29) is 40.1 Å². The summed E-state index contributed by atoms with van der Waals surface area (Å²) < 4.78 is 28.5. The van der Waals surface area contributed by atoms with Crippen molar-refractivity contribution in [1.29, 1.82) is 0 Å². The molecule has 0 aromatic carbocycles. The van der Waals surface area contributed by atoms with Crippen molar-refractivity contribution in [2.45, 2.75) is 4.83 Å². The fourth-order valence-electron chi connectivity index (χ4n) is 0.273. The van der Waals surface area contributed by atoms with Gasteiger partial charge < -0.3 is 0 Å². The van der Waals surface area contributed by atoms with Crippen LogP contribution in [0, 0.1) is 0 Å². The van der Waals surface area contributed by atoms with Gasteiger partial charge in [-0.2, -0.15) is 8.42 Å². The van der Waals surface area contributed by atoms with Crippen LogP contribution in [0.25, 0.3) is 0 Å². The van der Waals surface area contributed by atoms with E-state index in [1.807, 2.05) is 0 Å². The van der Waals surface area contributed by atoms with Gasteiger partial charge in [-0.3, -0.25) is 4.55 Å². The van der Waals surface area contributed by atoms with Crippen molar-refractivity contribution in [2.24, 2.45) is 0 Å². The van der Waals surface area contributed by atoms with Crippen LogP contribution in [-0.2, 0) is 10.1 Å². The Morgan fingerprint density at radius 2 is 1.90 bits per heavy atom. The molecule has 0 aliphatic rings. The third-order valence-corrected chi connectivity index (χ3v) is 4.11. The number of rotatable bonds is 3. The molecule has 7 heteroatoms. The summed E-state index contributed by atoms with van der Waals surface area (Å²) in [5.41, 5.74) is 0. The van der Waals surface area contributed by atoms with Crippen molar-refractivity contribution in [3.63, 3.8) is 0 Å². The van der Waals surface area contributed by atoms with Crippen molar-refractivity contribution in [3.8, 4) is 0 Å². The van der Waals surface area contributed by atoms with Gasteiger partial charge in [-0.05, 0) is 0 Å². The SMILES string of the molecule is O=S(=O)(O)CC(Br)CBr.[NaH]. The Kier molecular flexibility index (Phi) is 9.20. The molecule has 0 aromatic heterocycles. The Morgan fingerprint density at radius 3 is 2.00 bits per heavy atom. The molecule has 0 saturated carbocycles. The molecule has 0 spiro atoms. The Labute approximate surface area is 99.2 Å². The topological polar surface area (TPSA) is 54.4 Å². The fraction of sp³-hybridized carbons (Fsp3) is 1.00. The summed E-state index contributed by atoms with van der Waals surface area (Å²) in [7, 11) is -3.81. The fourth-order valence-corrected chi connectivity index (χ4v) is 2.38. The Bertz CT molecular complexity index is 169. The van der Waals surface area contributed by atoms with Crippen LogP contribution in [0.1, 0.15) is 0 Å². The molecule has 0 aliphatic carbocycles. The standard InChI is InChI=1S/C3H6Br2O3S.Na.H/c4-1-3(5)2-9(6,7)8;;/h3H,1-2H2,(H,6,7,8);;. The van der Waals surface area contributed by atoms with E-state index in [9.17, 15) is 8.42 Å². The van der Waals surface area contributed by atoms with Gasteiger partial charge in [-0.25, -0.2) is 0 Å². The van der Waals surface area contributed by atoms with Gasteiger partial charge in [0.2, 0.25) is 0 Å². The molecular formula is C3H7Br2NaO3S. The van der Waals surface area contributed by atoms with Crippen molar-refractivity contribution in [2.75, 3.05) is 11.1 Å².